The molecule has 2 rings (SSSR count). The van der Waals surface area contributed by atoms with Crippen molar-refractivity contribution in [2.75, 3.05) is 26.2 Å². The number of aliphatic carboxylic acids is 1. The van der Waals surface area contributed by atoms with Crippen molar-refractivity contribution in [1.82, 2.24) is 10.2 Å². The van der Waals surface area contributed by atoms with Crippen molar-refractivity contribution in [3.8, 4) is 0 Å². The Morgan fingerprint density at radius 1 is 1.30 bits per heavy atom. The molecule has 112 valence electrons. The van der Waals surface area contributed by atoms with E-state index in [9.17, 15) is 9.59 Å². The molecular formula is C15H24N2O3. The minimum Gasteiger partial charge on any atom is -0.480 e. The molecule has 0 aromatic carbocycles. The molecule has 1 aliphatic heterocycles. The van der Waals surface area contributed by atoms with E-state index in [2.05, 4.69) is 17.5 Å². The number of rotatable bonds is 5. The van der Waals surface area contributed by atoms with Crippen LogP contribution in [0.5, 0.6) is 0 Å². The summed E-state index contributed by atoms with van der Waals surface area (Å²) in [7, 11) is 0. The fourth-order valence-electron chi connectivity index (χ4n) is 3.09. The number of carbonyl (C=O) groups is 2. The molecule has 0 spiro atoms. The van der Waals surface area contributed by atoms with Gasteiger partial charge in [-0.05, 0) is 38.0 Å². The van der Waals surface area contributed by atoms with Crippen LogP contribution in [0.1, 0.15) is 32.1 Å². The normalized spacial score (nSPS) is 26.5. The molecule has 2 N–H and O–H groups in total. The number of hydrogen-bond donors (Lipinski definition) is 2. The van der Waals surface area contributed by atoms with Gasteiger partial charge in [-0.25, -0.2) is 0 Å². The first-order chi connectivity index (χ1) is 9.66. The number of amides is 1. The molecule has 0 radical (unpaired) electrons. The molecule has 1 aliphatic carbocycles. The molecule has 0 aromatic heterocycles. The van der Waals surface area contributed by atoms with Gasteiger partial charge in [0, 0.05) is 25.6 Å². The number of likely N-dealkylation sites (tertiary alicyclic amines) is 1. The van der Waals surface area contributed by atoms with Crippen LogP contribution in [0.2, 0.25) is 0 Å². The van der Waals surface area contributed by atoms with Gasteiger partial charge in [-0.3, -0.25) is 9.59 Å². The molecule has 0 bridgehead atoms. The van der Waals surface area contributed by atoms with E-state index < -0.39 is 5.97 Å². The number of carboxylic acid groups (broad SMARTS) is 1. The number of nitrogens with one attached hydrogen (secondary N) is 1. The maximum atomic E-state index is 12.5. The number of allylic oxidation sites excluding steroid dienone is 2. The zero-order chi connectivity index (χ0) is 14.4. The first-order valence-corrected chi connectivity index (χ1v) is 7.53. The van der Waals surface area contributed by atoms with Crippen molar-refractivity contribution >= 4 is 11.9 Å². The molecule has 2 atom stereocenters. The number of piperidine rings is 1. The number of carbonyl (C=O) groups excluding carboxylic acids is 1. The summed E-state index contributed by atoms with van der Waals surface area (Å²) < 4.78 is 0. The van der Waals surface area contributed by atoms with E-state index in [1.165, 1.54) is 0 Å². The van der Waals surface area contributed by atoms with Crippen LogP contribution in [-0.2, 0) is 9.59 Å². The molecule has 0 saturated carbocycles. The van der Waals surface area contributed by atoms with E-state index in [1.54, 1.807) is 0 Å². The van der Waals surface area contributed by atoms with E-state index in [4.69, 9.17) is 5.11 Å². The SMILES string of the molecule is O=C(O)CNCC1CCCN(C(=O)C2CC=CCC2)C1. The highest BCUT2D eigenvalue weighted by atomic mass is 16.4. The molecule has 20 heavy (non-hydrogen) atoms. The molecule has 1 amide bonds. The van der Waals surface area contributed by atoms with E-state index in [1.807, 2.05) is 4.90 Å². The summed E-state index contributed by atoms with van der Waals surface area (Å²) >= 11 is 0. The van der Waals surface area contributed by atoms with Crippen LogP contribution < -0.4 is 5.32 Å². The summed E-state index contributed by atoms with van der Waals surface area (Å²) in [6.45, 7) is 2.30. The van der Waals surface area contributed by atoms with Crippen LogP contribution in [0.4, 0.5) is 0 Å². The van der Waals surface area contributed by atoms with Gasteiger partial charge in [-0.15, -0.1) is 0 Å². The van der Waals surface area contributed by atoms with Crippen molar-refractivity contribution in [2.24, 2.45) is 11.8 Å². The van der Waals surface area contributed by atoms with Crippen molar-refractivity contribution in [2.45, 2.75) is 32.1 Å². The summed E-state index contributed by atoms with van der Waals surface area (Å²) in [5, 5.41) is 11.6. The van der Waals surface area contributed by atoms with E-state index in [0.717, 1.165) is 45.2 Å². The van der Waals surface area contributed by atoms with Crippen molar-refractivity contribution in [1.29, 1.82) is 0 Å². The van der Waals surface area contributed by atoms with Crippen LogP contribution in [0, 0.1) is 11.8 Å². The maximum Gasteiger partial charge on any atom is 0.317 e. The smallest absolute Gasteiger partial charge is 0.317 e. The minimum absolute atomic E-state index is 0.00212. The number of nitrogens with zero attached hydrogens (tertiary/aromatic N) is 1. The van der Waals surface area contributed by atoms with Crippen molar-refractivity contribution in [3.63, 3.8) is 0 Å². The molecule has 1 saturated heterocycles. The Morgan fingerprint density at radius 3 is 2.85 bits per heavy atom. The lowest BCUT2D eigenvalue weighted by Gasteiger charge is -2.35. The van der Waals surface area contributed by atoms with Crippen LogP contribution in [0.15, 0.2) is 12.2 Å². The third kappa shape index (κ3) is 4.34. The first-order valence-electron chi connectivity index (χ1n) is 7.53. The van der Waals surface area contributed by atoms with E-state index in [-0.39, 0.29) is 18.4 Å². The molecule has 5 heteroatoms. The standard InChI is InChI=1S/C15H24N2O3/c18-14(19)10-16-9-12-5-4-8-17(11-12)15(20)13-6-2-1-3-7-13/h1-2,12-13,16H,3-11H2,(H,18,19). The van der Waals surface area contributed by atoms with Gasteiger partial charge >= 0.3 is 5.97 Å². The van der Waals surface area contributed by atoms with Crippen LogP contribution >= 0.6 is 0 Å². The molecule has 2 unspecified atom stereocenters. The van der Waals surface area contributed by atoms with Gasteiger partial charge in [-0.1, -0.05) is 12.2 Å². The zero-order valence-corrected chi connectivity index (χ0v) is 11.9. The Labute approximate surface area is 120 Å². The summed E-state index contributed by atoms with van der Waals surface area (Å²) in [5.74, 6) is -0.00284. The Bertz CT molecular complexity index is 381. The van der Waals surface area contributed by atoms with E-state index >= 15 is 0 Å². The average molecular weight is 280 g/mol. The summed E-state index contributed by atoms with van der Waals surface area (Å²) in [5.41, 5.74) is 0. The molecule has 2 aliphatic rings. The van der Waals surface area contributed by atoms with Gasteiger partial charge in [0.25, 0.3) is 0 Å². The van der Waals surface area contributed by atoms with Gasteiger partial charge in [0.05, 0.1) is 6.54 Å². The topological polar surface area (TPSA) is 69.6 Å². The number of carboxylic acids is 1. The second-order valence-electron chi connectivity index (χ2n) is 5.80. The highest BCUT2D eigenvalue weighted by Gasteiger charge is 2.28. The lowest BCUT2D eigenvalue weighted by atomic mass is 9.91. The van der Waals surface area contributed by atoms with Crippen LogP contribution in [-0.4, -0.2) is 48.1 Å². The third-order valence-corrected chi connectivity index (χ3v) is 4.16. The van der Waals surface area contributed by atoms with Gasteiger partial charge in [0.2, 0.25) is 5.91 Å². The average Bonchev–Trinajstić information content (AvgIpc) is 2.47. The quantitative estimate of drug-likeness (QED) is 0.744. The maximum absolute atomic E-state index is 12.5. The Kier molecular flexibility index (Phi) is 5.59. The van der Waals surface area contributed by atoms with E-state index in [0.29, 0.717) is 12.5 Å². The highest BCUT2D eigenvalue weighted by Crippen LogP contribution is 2.24. The second kappa shape index (κ2) is 7.43. The molecule has 0 aromatic rings. The lowest BCUT2D eigenvalue weighted by Crippen LogP contribution is -2.45. The highest BCUT2D eigenvalue weighted by molar-refractivity contribution is 5.79. The fourth-order valence-corrected chi connectivity index (χ4v) is 3.09. The summed E-state index contributed by atoms with van der Waals surface area (Å²) in [4.78, 5) is 24.9. The van der Waals surface area contributed by atoms with Crippen molar-refractivity contribution < 1.29 is 14.7 Å². The Balaban J connectivity index is 1.78. The predicted molar refractivity (Wildman–Crippen MR) is 76.3 cm³/mol. The molecule has 1 heterocycles. The monoisotopic (exact) mass is 280 g/mol. The first kappa shape index (κ1) is 15.0. The summed E-state index contributed by atoms with van der Waals surface area (Å²) in [6.07, 6.45) is 9.20. The lowest BCUT2D eigenvalue weighted by molar-refractivity contribution is -0.138. The Morgan fingerprint density at radius 2 is 2.15 bits per heavy atom. The number of hydrogen-bond acceptors (Lipinski definition) is 3. The van der Waals surface area contributed by atoms with Gasteiger partial charge in [-0.2, -0.15) is 0 Å². The zero-order valence-electron chi connectivity index (χ0n) is 11.9. The fraction of sp³-hybridized carbons (Fsp3) is 0.733. The minimum atomic E-state index is -0.831. The second-order valence-corrected chi connectivity index (χ2v) is 5.80. The molecule has 5 nitrogen and oxygen atoms in total. The van der Waals surface area contributed by atoms with Gasteiger partial charge in [0.15, 0.2) is 0 Å². The van der Waals surface area contributed by atoms with Crippen LogP contribution in [0.3, 0.4) is 0 Å². The summed E-state index contributed by atoms with van der Waals surface area (Å²) in [6, 6.07) is 0. The van der Waals surface area contributed by atoms with Gasteiger partial charge in [0.1, 0.15) is 0 Å². The molecular weight excluding hydrogens is 256 g/mol. The molecule has 1 fully saturated rings. The van der Waals surface area contributed by atoms with Crippen LogP contribution in [0.25, 0.3) is 0 Å². The largest absolute Gasteiger partial charge is 0.480 e. The Hall–Kier alpha value is -1.36. The third-order valence-electron chi connectivity index (χ3n) is 4.16. The van der Waals surface area contributed by atoms with Crippen molar-refractivity contribution in [3.05, 3.63) is 12.2 Å². The predicted octanol–water partition coefficient (Wildman–Crippen LogP) is 1.26. The van der Waals surface area contributed by atoms with Gasteiger partial charge < -0.3 is 15.3 Å².